The molecule has 0 aliphatic carbocycles. The Bertz CT molecular complexity index is 112. The van der Waals surface area contributed by atoms with Crippen LogP contribution in [0.1, 0.15) is 26.7 Å². The smallest absolute Gasteiger partial charge is 0.0456 e. The van der Waals surface area contributed by atoms with Crippen molar-refractivity contribution in [2.45, 2.75) is 26.7 Å². The van der Waals surface area contributed by atoms with E-state index in [2.05, 4.69) is 18.3 Å². The van der Waals surface area contributed by atoms with Crippen molar-refractivity contribution in [2.24, 2.45) is 5.92 Å². The van der Waals surface area contributed by atoms with E-state index in [9.17, 15) is 0 Å². The Labute approximate surface area is 75.7 Å². The summed E-state index contributed by atoms with van der Waals surface area (Å²) in [6, 6.07) is 0. The van der Waals surface area contributed by atoms with Crippen LogP contribution in [0, 0.1) is 5.92 Å². The molecule has 0 aromatic carbocycles. The van der Waals surface area contributed by atoms with Gasteiger partial charge in [-0.1, -0.05) is 19.1 Å². The third-order valence-corrected chi connectivity index (χ3v) is 1.86. The Hall–Kier alpha value is -0.340. The van der Waals surface area contributed by atoms with E-state index in [1.54, 1.807) is 0 Å². The van der Waals surface area contributed by atoms with E-state index in [-0.39, 0.29) is 0 Å². The molecule has 0 saturated heterocycles. The van der Waals surface area contributed by atoms with Gasteiger partial charge in [-0.25, -0.2) is 0 Å². The lowest BCUT2D eigenvalue weighted by Gasteiger charge is -2.06. The maximum absolute atomic E-state index is 8.74. The van der Waals surface area contributed by atoms with Crippen LogP contribution in [0.4, 0.5) is 0 Å². The minimum Gasteiger partial charge on any atom is -0.396 e. The van der Waals surface area contributed by atoms with Crippen molar-refractivity contribution in [2.75, 3.05) is 19.7 Å². The molecule has 0 heterocycles. The summed E-state index contributed by atoms with van der Waals surface area (Å²) < 4.78 is 0. The summed E-state index contributed by atoms with van der Waals surface area (Å²) in [4.78, 5) is 0. The van der Waals surface area contributed by atoms with Crippen LogP contribution in [-0.4, -0.2) is 24.8 Å². The summed E-state index contributed by atoms with van der Waals surface area (Å²) >= 11 is 0. The second-order valence-electron chi connectivity index (χ2n) is 3.20. The molecule has 0 spiro atoms. The molecule has 12 heavy (non-hydrogen) atoms. The molecule has 0 aliphatic heterocycles. The van der Waals surface area contributed by atoms with Crippen molar-refractivity contribution in [1.29, 1.82) is 0 Å². The highest BCUT2D eigenvalue weighted by molar-refractivity contribution is 4.78. The first-order valence-electron chi connectivity index (χ1n) is 4.74. The van der Waals surface area contributed by atoms with Crippen LogP contribution in [0.15, 0.2) is 12.2 Å². The van der Waals surface area contributed by atoms with Gasteiger partial charge < -0.3 is 10.4 Å². The molecule has 2 heteroatoms. The summed E-state index contributed by atoms with van der Waals surface area (Å²) in [5, 5.41) is 12.0. The number of nitrogens with one attached hydrogen (secondary N) is 1. The molecule has 0 fully saturated rings. The van der Waals surface area contributed by atoms with Gasteiger partial charge in [0.25, 0.3) is 0 Å². The van der Waals surface area contributed by atoms with Gasteiger partial charge in [0, 0.05) is 13.2 Å². The molecule has 0 aromatic rings. The van der Waals surface area contributed by atoms with Crippen LogP contribution in [0.5, 0.6) is 0 Å². The van der Waals surface area contributed by atoms with E-state index >= 15 is 0 Å². The molecular formula is C10H21NO. The Morgan fingerprint density at radius 2 is 2.25 bits per heavy atom. The van der Waals surface area contributed by atoms with Gasteiger partial charge >= 0.3 is 0 Å². The third-order valence-electron chi connectivity index (χ3n) is 1.86. The van der Waals surface area contributed by atoms with Crippen molar-refractivity contribution in [3.8, 4) is 0 Å². The van der Waals surface area contributed by atoms with E-state index < -0.39 is 0 Å². The van der Waals surface area contributed by atoms with Gasteiger partial charge in [0.1, 0.15) is 0 Å². The van der Waals surface area contributed by atoms with Gasteiger partial charge in [0.05, 0.1) is 0 Å². The fourth-order valence-corrected chi connectivity index (χ4v) is 0.970. The molecule has 2 nitrogen and oxygen atoms in total. The lowest BCUT2D eigenvalue weighted by Crippen LogP contribution is -2.16. The molecule has 2 N–H and O–H groups in total. The SMILES string of the molecule is C/C=C/CNCCCC(C)CO. The quantitative estimate of drug-likeness (QED) is 0.450. The highest BCUT2D eigenvalue weighted by Crippen LogP contribution is 2.02. The number of aliphatic hydroxyl groups is 1. The van der Waals surface area contributed by atoms with Gasteiger partial charge in [0.15, 0.2) is 0 Å². The highest BCUT2D eigenvalue weighted by Gasteiger charge is 1.97. The van der Waals surface area contributed by atoms with Gasteiger partial charge in [-0.05, 0) is 32.2 Å². The van der Waals surface area contributed by atoms with E-state index in [0.29, 0.717) is 12.5 Å². The highest BCUT2D eigenvalue weighted by atomic mass is 16.3. The monoisotopic (exact) mass is 171 g/mol. The molecule has 0 saturated carbocycles. The van der Waals surface area contributed by atoms with Crippen molar-refractivity contribution in [3.05, 3.63) is 12.2 Å². The Morgan fingerprint density at radius 3 is 2.83 bits per heavy atom. The summed E-state index contributed by atoms with van der Waals surface area (Å²) in [5.74, 6) is 0.452. The van der Waals surface area contributed by atoms with Crippen LogP contribution in [0.2, 0.25) is 0 Å². The third kappa shape index (κ3) is 7.76. The number of aliphatic hydroxyl groups excluding tert-OH is 1. The standard InChI is InChI=1S/C10H21NO/c1-3-4-7-11-8-5-6-10(2)9-12/h3-4,10-12H,5-9H2,1-2H3/b4-3+. The minimum atomic E-state index is 0.314. The topological polar surface area (TPSA) is 32.3 Å². The van der Waals surface area contributed by atoms with E-state index in [4.69, 9.17) is 5.11 Å². The Balaban J connectivity index is 3.00. The molecule has 0 amide bonds. The molecule has 0 radical (unpaired) electrons. The van der Waals surface area contributed by atoms with Crippen LogP contribution in [0.25, 0.3) is 0 Å². The zero-order chi connectivity index (χ0) is 9.23. The minimum absolute atomic E-state index is 0.314. The summed E-state index contributed by atoms with van der Waals surface area (Å²) in [6.45, 7) is 6.43. The summed E-state index contributed by atoms with van der Waals surface area (Å²) in [5.41, 5.74) is 0. The average molecular weight is 171 g/mol. The normalized spacial score (nSPS) is 13.9. The van der Waals surface area contributed by atoms with E-state index in [1.807, 2.05) is 13.0 Å². The predicted octanol–water partition coefficient (Wildman–Crippen LogP) is 1.56. The lowest BCUT2D eigenvalue weighted by molar-refractivity contribution is 0.228. The van der Waals surface area contributed by atoms with Crippen molar-refractivity contribution in [3.63, 3.8) is 0 Å². The largest absolute Gasteiger partial charge is 0.396 e. The molecule has 72 valence electrons. The molecule has 1 unspecified atom stereocenters. The number of allylic oxidation sites excluding steroid dienone is 1. The Kier molecular flexibility index (Phi) is 8.51. The van der Waals surface area contributed by atoms with Gasteiger partial charge in [-0.2, -0.15) is 0 Å². The Morgan fingerprint density at radius 1 is 1.50 bits per heavy atom. The average Bonchev–Trinajstić information content (AvgIpc) is 2.10. The zero-order valence-corrected chi connectivity index (χ0v) is 8.21. The van der Waals surface area contributed by atoms with Crippen LogP contribution >= 0.6 is 0 Å². The van der Waals surface area contributed by atoms with E-state index in [0.717, 1.165) is 25.9 Å². The van der Waals surface area contributed by atoms with Crippen molar-refractivity contribution in [1.82, 2.24) is 5.32 Å². The lowest BCUT2D eigenvalue weighted by atomic mass is 10.1. The van der Waals surface area contributed by atoms with Crippen LogP contribution < -0.4 is 5.32 Å². The zero-order valence-electron chi connectivity index (χ0n) is 8.21. The van der Waals surface area contributed by atoms with Gasteiger partial charge in [-0.3, -0.25) is 0 Å². The first-order chi connectivity index (χ1) is 5.81. The molecule has 0 aliphatic rings. The van der Waals surface area contributed by atoms with E-state index in [1.165, 1.54) is 0 Å². The second kappa shape index (κ2) is 8.75. The maximum Gasteiger partial charge on any atom is 0.0456 e. The first kappa shape index (κ1) is 11.7. The van der Waals surface area contributed by atoms with Crippen molar-refractivity contribution >= 4 is 0 Å². The first-order valence-corrected chi connectivity index (χ1v) is 4.74. The summed E-state index contributed by atoms with van der Waals surface area (Å²) in [6.07, 6.45) is 6.41. The number of hydrogen-bond donors (Lipinski definition) is 2. The van der Waals surface area contributed by atoms with Crippen molar-refractivity contribution < 1.29 is 5.11 Å². The molecule has 0 aromatic heterocycles. The number of hydrogen-bond acceptors (Lipinski definition) is 2. The molecular weight excluding hydrogens is 150 g/mol. The predicted molar refractivity (Wildman–Crippen MR) is 53.2 cm³/mol. The maximum atomic E-state index is 8.74. The summed E-state index contributed by atoms with van der Waals surface area (Å²) in [7, 11) is 0. The number of rotatable bonds is 7. The molecule has 1 atom stereocenters. The van der Waals surface area contributed by atoms with Gasteiger partial charge in [0.2, 0.25) is 0 Å². The van der Waals surface area contributed by atoms with Gasteiger partial charge in [-0.15, -0.1) is 0 Å². The second-order valence-corrected chi connectivity index (χ2v) is 3.20. The van der Waals surface area contributed by atoms with Crippen LogP contribution in [0.3, 0.4) is 0 Å². The van der Waals surface area contributed by atoms with Crippen LogP contribution in [-0.2, 0) is 0 Å². The molecule has 0 rings (SSSR count). The molecule has 0 bridgehead atoms. The fourth-order valence-electron chi connectivity index (χ4n) is 0.970. The fraction of sp³-hybridized carbons (Fsp3) is 0.800.